The number of fused-ring (bicyclic) bond motifs is 2. The Morgan fingerprint density at radius 1 is 0.943 bits per heavy atom. The number of amidine groups is 1. The summed E-state index contributed by atoms with van der Waals surface area (Å²) in [5.41, 5.74) is 0.869. The van der Waals surface area contributed by atoms with Crippen molar-refractivity contribution in [2.24, 2.45) is 4.99 Å². The highest BCUT2D eigenvalue weighted by Gasteiger charge is 2.33. The van der Waals surface area contributed by atoms with Crippen molar-refractivity contribution < 1.29 is 27.1 Å². The molecule has 2 heterocycles. The molecule has 3 aromatic rings. The van der Waals surface area contributed by atoms with Gasteiger partial charge in [0, 0.05) is 26.2 Å². The highest BCUT2D eigenvalue weighted by atomic mass is 19.4. The molecular formula is C26H21F4N3O2. The van der Waals surface area contributed by atoms with E-state index in [1.165, 1.54) is 24.3 Å². The lowest BCUT2D eigenvalue weighted by atomic mass is 10.1. The monoisotopic (exact) mass is 483 g/mol. The van der Waals surface area contributed by atoms with Crippen LogP contribution >= 0.6 is 0 Å². The summed E-state index contributed by atoms with van der Waals surface area (Å²) < 4.78 is 60.1. The van der Waals surface area contributed by atoms with Crippen molar-refractivity contribution in [3.05, 3.63) is 88.7 Å². The van der Waals surface area contributed by atoms with Gasteiger partial charge in [-0.15, -0.1) is 0 Å². The summed E-state index contributed by atoms with van der Waals surface area (Å²) in [5, 5.41) is 0. The maximum Gasteiger partial charge on any atom is 0.416 e. The minimum absolute atomic E-state index is 0.00994. The van der Waals surface area contributed by atoms with E-state index in [0.717, 1.165) is 17.7 Å². The number of aliphatic imine (C=N–C) groups is 1. The first kappa shape index (κ1) is 22.9. The van der Waals surface area contributed by atoms with Crippen molar-refractivity contribution in [2.75, 3.05) is 26.2 Å². The van der Waals surface area contributed by atoms with Crippen LogP contribution in [0.2, 0.25) is 0 Å². The number of carbonyl (C=O) groups is 1. The third kappa shape index (κ3) is 4.45. The molecule has 9 heteroatoms. The lowest BCUT2D eigenvalue weighted by molar-refractivity contribution is -0.137. The van der Waals surface area contributed by atoms with Crippen molar-refractivity contribution in [1.82, 2.24) is 9.80 Å². The second kappa shape index (κ2) is 8.72. The number of nitrogens with zero attached hydrogens (tertiary/aromatic N) is 3. The molecule has 3 aromatic carbocycles. The molecule has 0 spiro atoms. The van der Waals surface area contributed by atoms with Crippen LogP contribution in [0.1, 0.15) is 27.0 Å². The summed E-state index contributed by atoms with van der Waals surface area (Å²) in [6.45, 7) is 3.28. The number of alkyl halides is 3. The average molecular weight is 483 g/mol. The third-order valence-corrected chi connectivity index (χ3v) is 6.08. The van der Waals surface area contributed by atoms with Crippen molar-refractivity contribution in [2.45, 2.75) is 13.1 Å². The fourth-order valence-corrected chi connectivity index (χ4v) is 4.24. The van der Waals surface area contributed by atoms with E-state index in [4.69, 9.17) is 4.74 Å². The molecule has 35 heavy (non-hydrogen) atoms. The fraction of sp³-hybridized carbons (Fsp3) is 0.231. The molecular weight excluding hydrogens is 462 g/mol. The van der Waals surface area contributed by atoms with Gasteiger partial charge in [-0.1, -0.05) is 23.8 Å². The predicted octanol–water partition coefficient (Wildman–Crippen LogP) is 5.79. The SMILES string of the molecule is Cc1ccc2c(c1)C(N1CCN(C(=O)c3ccccc3F)CC1)=Nc1cc(C(F)(F)F)ccc1O2. The fourth-order valence-electron chi connectivity index (χ4n) is 4.24. The maximum atomic E-state index is 14.1. The topological polar surface area (TPSA) is 45.1 Å². The molecule has 0 bridgehead atoms. The number of piperazine rings is 1. The summed E-state index contributed by atoms with van der Waals surface area (Å²) >= 11 is 0. The number of halogens is 4. The zero-order valence-electron chi connectivity index (χ0n) is 18.8. The average Bonchev–Trinajstić information content (AvgIpc) is 2.99. The van der Waals surface area contributed by atoms with Crippen LogP contribution in [-0.4, -0.2) is 47.7 Å². The maximum absolute atomic E-state index is 14.1. The molecule has 0 aromatic heterocycles. The quantitative estimate of drug-likeness (QED) is 0.412. The van der Waals surface area contributed by atoms with Crippen molar-refractivity contribution in [3.63, 3.8) is 0 Å². The van der Waals surface area contributed by atoms with Gasteiger partial charge in [-0.05, 0) is 49.4 Å². The van der Waals surface area contributed by atoms with Gasteiger partial charge in [0.1, 0.15) is 23.1 Å². The van der Waals surface area contributed by atoms with Crippen LogP contribution in [0.3, 0.4) is 0 Å². The van der Waals surface area contributed by atoms with E-state index < -0.39 is 23.5 Å². The summed E-state index contributed by atoms with van der Waals surface area (Å²) in [4.78, 5) is 20.9. The number of hydrogen-bond acceptors (Lipinski definition) is 4. The molecule has 180 valence electrons. The molecule has 0 N–H and O–H groups in total. The second-order valence-corrected chi connectivity index (χ2v) is 8.48. The van der Waals surface area contributed by atoms with Crippen LogP contribution in [0.4, 0.5) is 23.2 Å². The van der Waals surface area contributed by atoms with Crippen LogP contribution < -0.4 is 4.74 Å². The Balaban J connectivity index is 1.47. The van der Waals surface area contributed by atoms with Crippen molar-refractivity contribution >= 4 is 17.4 Å². The molecule has 0 radical (unpaired) electrons. The second-order valence-electron chi connectivity index (χ2n) is 8.48. The molecule has 1 amide bonds. The van der Waals surface area contributed by atoms with Crippen LogP contribution in [0.15, 0.2) is 65.7 Å². The number of rotatable bonds is 1. The van der Waals surface area contributed by atoms with Crippen LogP contribution in [-0.2, 0) is 6.18 Å². The summed E-state index contributed by atoms with van der Waals surface area (Å²) in [6.07, 6.45) is -4.51. The molecule has 0 aliphatic carbocycles. The number of amides is 1. The molecule has 1 saturated heterocycles. The minimum atomic E-state index is -4.51. The zero-order valence-corrected chi connectivity index (χ0v) is 18.8. The summed E-state index contributed by atoms with van der Waals surface area (Å²) in [6, 6.07) is 14.6. The van der Waals surface area contributed by atoms with Crippen molar-refractivity contribution in [1.29, 1.82) is 0 Å². The Hall–Kier alpha value is -3.88. The standard InChI is InChI=1S/C26H21F4N3O2/c1-16-6-8-22-19(14-16)24(31-21-15-17(26(28,29)30)7-9-23(21)35-22)32-10-12-33(13-11-32)25(34)18-4-2-3-5-20(18)27/h2-9,14-15H,10-13H2,1H3. The van der Waals surface area contributed by atoms with E-state index in [9.17, 15) is 22.4 Å². The van der Waals surface area contributed by atoms with Gasteiger partial charge in [0.15, 0.2) is 5.75 Å². The van der Waals surface area contributed by atoms with E-state index in [-0.39, 0.29) is 17.0 Å². The first-order chi connectivity index (χ1) is 16.7. The Morgan fingerprint density at radius 3 is 2.37 bits per heavy atom. The van der Waals surface area contributed by atoms with Gasteiger partial charge in [0.05, 0.1) is 16.7 Å². The molecule has 2 aliphatic rings. The van der Waals surface area contributed by atoms with Gasteiger partial charge in [-0.25, -0.2) is 9.38 Å². The zero-order chi connectivity index (χ0) is 24.7. The van der Waals surface area contributed by atoms with Crippen LogP contribution in [0.5, 0.6) is 11.5 Å². The number of carbonyl (C=O) groups excluding carboxylic acids is 1. The molecule has 0 atom stereocenters. The Labute approximate surface area is 199 Å². The van der Waals surface area contributed by atoms with Gasteiger partial charge < -0.3 is 14.5 Å². The number of ether oxygens (including phenoxy) is 1. The van der Waals surface area contributed by atoms with Crippen LogP contribution in [0.25, 0.3) is 0 Å². The molecule has 2 aliphatic heterocycles. The highest BCUT2D eigenvalue weighted by Crippen LogP contribution is 2.42. The van der Waals surface area contributed by atoms with E-state index in [1.54, 1.807) is 17.0 Å². The first-order valence-electron chi connectivity index (χ1n) is 11.1. The normalized spacial score (nSPS) is 15.5. The minimum Gasteiger partial charge on any atom is -0.454 e. The summed E-state index contributed by atoms with van der Waals surface area (Å²) in [7, 11) is 0. The Bertz CT molecular complexity index is 1330. The van der Waals surface area contributed by atoms with E-state index in [1.807, 2.05) is 24.0 Å². The van der Waals surface area contributed by atoms with Gasteiger partial charge in [-0.2, -0.15) is 13.2 Å². The molecule has 1 fully saturated rings. The number of hydrogen-bond donors (Lipinski definition) is 0. The predicted molar refractivity (Wildman–Crippen MR) is 123 cm³/mol. The third-order valence-electron chi connectivity index (χ3n) is 6.08. The molecule has 0 saturated carbocycles. The largest absolute Gasteiger partial charge is 0.454 e. The van der Waals surface area contributed by atoms with Crippen molar-refractivity contribution in [3.8, 4) is 11.5 Å². The summed E-state index contributed by atoms with van der Waals surface area (Å²) in [5.74, 6) is 0.209. The van der Waals surface area contributed by atoms with E-state index in [0.29, 0.717) is 43.3 Å². The lowest BCUT2D eigenvalue weighted by Crippen LogP contribution is -2.51. The first-order valence-corrected chi connectivity index (χ1v) is 11.1. The van der Waals surface area contributed by atoms with Crippen LogP contribution in [0, 0.1) is 12.7 Å². The van der Waals surface area contributed by atoms with Gasteiger partial charge in [0.25, 0.3) is 5.91 Å². The number of aryl methyl sites for hydroxylation is 1. The Kier molecular flexibility index (Phi) is 5.70. The highest BCUT2D eigenvalue weighted by molar-refractivity contribution is 6.04. The number of benzene rings is 3. The lowest BCUT2D eigenvalue weighted by Gasteiger charge is -2.36. The molecule has 0 unspecified atom stereocenters. The van der Waals surface area contributed by atoms with E-state index in [2.05, 4.69) is 4.99 Å². The van der Waals surface area contributed by atoms with E-state index >= 15 is 0 Å². The molecule has 5 nitrogen and oxygen atoms in total. The van der Waals surface area contributed by atoms with Gasteiger partial charge in [-0.3, -0.25) is 4.79 Å². The van der Waals surface area contributed by atoms with Gasteiger partial charge in [0.2, 0.25) is 0 Å². The Morgan fingerprint density at radius 2 is 1.66 bits per heavy atom. The smallest absolute Gasteiger partial charge is 0.416 e. The van der Waals surface area contributed by atoms with Gasteiger partial charge >= 0.3 is 6.18 Å². The molecule has 5 rings (SSSR count).